The van der Waals surface area contributed by atoms with Gasteiger partial charge in [0.2, 0.25) is 0 Å². The Bertz CT molecular complexity index is 642. The van der Waals surface area contributed by atoms with Crippen molar-refractivity contribution in [2.75, 3.05) is 0 Å². The molecule has 0 heterocycles. The summed E-state index contributed by atoms with van der Waals surface area (Å²) in [4.78, 5) is 10.0. The van der Waals surface area contributed by atoms with Crippen LogP contribution in [-0.4, -0.2) is 4.92 Å². The van der Waals surface area contributed by atoms with Crippen LogP contribution in [0.2, 0.25) is 10.0 Å². The van der Waals surface area contributed by atoms with Crippen molar-refractivity contribution in [1.29, 1.82) is 0 Å². The molecule has 0 N–H and O–H groups in total. The molecule has 0 aliphatic heterocycles. The molecule has 0 spiro atoms. The Labute approximate surface area is 118 Å². The second-order valence-corrected chi connectivity index (χ2v) is 4.41. The van der Waals surface area contributed by atoms with Gasteiger partial charge < -0.3 is 0 Å². The van der Waals surface area contributed by atoms with Crippen LogP contribution < -0.4 is 0 Å². The van der Waals surface area contributed by atoms with Gasteiger partial charge in [-0.2, -0.15) is 5.11 Å². The second kappa shape index (κ2) is 5.77. The summed E-state index contributed by atoms with van der Waals surface area (Å²) in [5.74, 6) is 0. The van der Waals surface area contributed by atoms with E-state index >= 15 is 0 Å². The van der Waals surface area contributed by atoms with Gasteiger partial charge in [-0.1, -0.05) is 23.2 Å². The van der Waals surface area contributed by atoms with Gasteiger partial charge in [-0.3, -0.25) is 10.1 Å². The molecular formula is C12H7Cl2N3O2. The van der Waals surface area contributed by atoms with Crippen LogP contribution in [0.5, 0.6) is 0 Å². The van der Waals surface area contributed by atoms with Crippen molar-refractivity contribution in [3.05, 3.63) is 62.6 Å². The number of nitro groups is 1. The Balaban J connectivity index is 2.20. The third-order valence-electron chi connectivity index (χ3n) is 2.24. The van der Waals surface area contributed by atoms with Crippen molar-refractivity contribution >= 4 is 40.3 Å². The Hall–Kier alpha value is -1.98. The minimum Gasteiger partial charge on any atom is -0.258 e. The van der Waals surface area contributed by atoms with Gasteiger partial charge in [-0.15, -0.1) is 5.11 Å². The Morgan fingerprint density at radius 2 is 1.68 bits per heavy atom. The van der Waals surface area contributed by atoms with Gasteiger partial charge in [0.15, 0.2) is 0 Å². The number of hydrogen-bond donors (Lipinski definition) is 0. The number of halogens is 2. The zero-order valence-electron chi connectivity index (χ0n) is 9.46. The van der Waals surface area contributed by atoms with E-state index < -0.39 is 4.92 Å². The number of nitrogens with zero attached hydrogens (tertiary/aromatic N) is 3. The third-order valence-corrected chi connectivity index (χ3v) is 2.78. The summed E-state index contributed by atoms with van der Waals surface area (Å²) in [5, 5.41) is 19.3. The largest absolute Gasteiger partial charge is 0.269 e. The fourth-order valence-corrected chi connectivity index (χ4v) is 1.76. The average Bonchev–Trinajstić information content (AvgIpc) is 2.38. The number of rotatable bonds is 3. The SMILES string of the molecule is O=[N+]([O-])c1ccc(N=Nc2ccc(Cl)cc2Cl)cc1. The van der Waals surface area contributed by atoms with Crippen LogP contribution in [0.3, 0.4) is 0 Å². The first-order valence-corrected chi connectivity index (χ1v) is 5.93. The summed E-state index contributed by atoms with van der Waals surface area (Å²) in [6.07, 6.45) is 0. The quantitative estimate of drug-likeness (QED) is 0.437. The molecule has 0 saturated heterocycles. The highest BCUT2D eigenvalue weighted by Gasteiger charge is 2.03. The van der Waals surface area contributed by atoms with E-state index in [2.05, 4.69) is 10.2 Å². The van der Waals surface area contributed by atoms with E-state index in [1.165, 1.54) is 24.3 Å². The monoisotopic (exact) mass is 295 g/mol. The van der Waals surface area contributed by atoms with Gasteiger partial charge in [-0.05, 0) is 30.3 Å². The molecule has 0 fully saturated rings. The van der Waals surface area contributed by atoms with Gasteiger partial charge >= 0.3 is 0 Å². The summed E-state index contributed by atoms with van der Waals surface area (Å²) < 4.78 is 0. The highest BCUT2D eigenvalue weighted by molar-refractivity contribution is 6.36. The molecule has 0 saturated carbocycles. The van der Waals surface area contributed by atoms with Crippen LogP contribution in [0.25, 0.3) is 0 Å². The molecule has 2 aromatic carbocycles. The van der Waals surface area contributed by atoms with E-state index in [9.17, 15) is 10.1 Å². The maximum Gasteiger partial charge on any atom is 0.269 e. The average molecular weight is 296 g/mol. The van der Waals surface area contributed by atoms with Crippen LogP contribution in [0.15, 0.2) is 52.7 Å². The van der Waals surface area contributed by atoms with Gasteiger partial charge in [0, 0.05) is 17.2 Å². The number of azo groups is 1. The molecule has 19 heavy (non-hydrogen) atoms. The predicted molar refractivity (Wildman–Crippen MR) is 73.7 cm³/mol. The van der Waals surface area contributed by atoms with Crippen molar-refractivity contribution in [2.24, 2.45) is 10.2 Å². The van der Waals surface area contributed by atoms with E-state index in [1.807, 2.05) is 0 Å². The predicted octanol–water partition coefficient (Wildman–Crippen LogP) is 5.32. The lowest BCUT2D eigenvalue weighted by Crippen LogP contribution is -1.85. The van der Waals surface area contributed by atoms with Crippen LogP contribution in [-0.2, 0) is 0 Å². The number of hydrogen-bond acceptors (Lipinski definition) is 4. The van der Waals surface area contributed by atoms with Crippen LogP contribution >= 0.6 is 23.2 Å². The van der Waals surface area contributed by atoms with Crippen LogP contribution in [0, 0.1) is 10.1 Å². The Morgan fingerprint density at radius 1 is 1.00 bits per heavy atom. The first kappa shape index (κ1) is 13.5. The van der Waals surface area contributed by atoms with Gasteiger partial charge in [0.25, 0.3) is 5.69 Å². The molecule has 7 heteroatoms. The van der Waals surface area contributed by atoms with Crippen molar-refractivity contribution in [2.45, 2.75) is 0 Å². The Morgan fingerprint density at radius 3 is 2.26 bits per heavy atom. The van der Waals surface area contributed by atoms with Crippen molar-refractivity contribution in [3.8, 4) is 0 Å². The highest BCUT2D eigenvalue weighted by Crippen LogP contribution is 2.29. The highest BCUT2D eigenvalue weighted by atomic mass is 35.5. The van der Waals surface area contributed by atoms with Crippen molar-refractivity contribution in [1.82, 2.24) is 0 Å². The lowest BCUT2D eigenvalue weighted by atomic mass is 10.3. The standard InChI is InChI=1S/C12H7Cl2N3O2/c13-8-1-6-12(11(14)7-8)16-15-9-2-4-10(5-3-9)17(18)19/h1-7H. The smallest absolute Gasteiger partial charge is 0.258 e. The van der Waals surface area contributed by atoms with E-state index in [0.717, 1.165) is 0 Å². The molecule has 0 aliphatic carbocycles. The number of nitro benzene ring substituents is 1. The molecule has 0 atom stereocenters. The van der Waals surface area contributed by atoms with Crippen molar-refractivity contribution in [3.63, 3.8) is 0 Å². The molecule has 0 aliphatic rings. The summed E-state index contributed by atoms with van der Waals surface area (Å²) in [6.45, 7) is 0. The zero-order valence-corrected chi connectivity index (χ0v) is 11.0. The summed E-state index contributed by atoms with van der Waals surface area (Å²) in [7, 11) is 0. The van der Waals surface area contributed by atoms with Gasteiger partial charge in [0.05, 0.1) is 15.6 Å². The van der Waals surface area contributed by atoms with E-state index in [1.54, 1.807) is 18.2 Å². The van der Waals surface area contributed by atoms with Crippen molar-refractivity contribution < 1.29 is 4.92 Å². The molecule has 2 rings (SSSR count). The second-order valence-electron chi connectivity index (χ2n) is 3.57. The summed E-state index contributed by atoms with van der Waals surface area (Å²) in [6, 6.07) is 10.6. The minimum absolute atomic E-state index is 0.00322. The maximum absolute atomic E-state index is 10.5. The molecule has 0 radical (unpaired) electrons. The van der Waals surface area contributed by atoms with Crippen LogP contribution in [0.4, 0.5) is 17.1 Å². The van der Waals surface area contributed by atoms with E-state index in [0.29, 0.717) is 21.4 Å². The fraction of sp³-hybridized carbons (Fsp3) is 0. The maximum atomic E-state index is 10.5. The molecule has 96 valence electrons. The number of benzene rings is 2. The molecule has 2 aromatic rings. The summed E-state index contributed by atoms with van der Waals surface area (Å²) in [5.41, 5.74) is 0.976. The van der Waals surface area contributed by atoms with Gasteiger partial charge in [-0.25, -0.2) is 0 Å². The zero-order chi connectivity index (χ0) is 13.8. The summed E-state index contributed by atoms with van der Waals surface area (Å²) >= 11 is 11.7. The molecule has 0 aromatic heterocycles. The normalized spacial score (nSPS) is 10.8. The molecule has 0 amide bonds. The molecule has 0 bridgehead atoms. The first-order chi connectivity index (χ1) is 9.06. The first-order valence-electron chi connectivity index (χ1n) is 5.17. The van der Waals surface area contributed by atoms with E-state index in [4.69, 9.17) is 23.2 Å². The molecular weight excluding hydrogens is 289 g/mol. The lowest BCUT2D eigenvalue weighted by Gasteiger charge is -1.97. The number of non-ortho nitro benzene ring substituents is 1. The van der Waals surface area contributed by atoms with Gasteiger partial charge in [0.1, 0.15) is 5.69 Å². The Kier molecular flexibility index (Phi) is 4.09. The fourth-order valence-electron chi connectivity index (χ4n) is 1.31. The molecule has 5 nitrogen and oxygen atoms in total. The minimum atomic E-state index is -0.475. The third kappa shape index (κ3) is 3.49. The lowest BCUT2D eigenvalue weighted by molar-refractivity contribution is -0.384. The topological polar surface area (TPSA) is 67.9 Å². The molecule has 0 unspecified atom stereocenters. The van der Waals surface area contributed by atoms with E-state index in [-0.39, 0.29) is 5.69 Å². The van der Waals surface area contributed by atoms with Crippen LogP contribution in [0.1, 0.15) is 0 Å².